The van der Waals surface area contributed by atoms with Gasteiger partial charge in [-0.05, 0) is 18.2 Å². The van der Waals surface area contributed by atoms with E-state index in [4.69, 9.17) is 11.6 Å². The van der Waals surface area contributed by atoms with Crippen molar-refractivity contribution in [2.45, 2.75) is 11.4 Å². The highest BCUT2D eigenvalue weighted by atomic mass is 35.5. The first-order valence-electron chi connectivity index (χ1n) is 5.96. The Balaban J connectivity index is 1.86. The Labute approximate surface area is 125 Å². The highest BCUT2D eigenvalue weighted by molar-refractivity contribution is 7.89. The highest BCUT2D eigenvalue weighted by Gasteiger charge is 2.18. The van der Waals surface area contributed by atoms with Crippen LogP contribution in [-0.2, 0) is 16.6 Å². The van der Waals surface area contributed by atoms with Gasteiger partial charge >= 0.3 is 0 Å². The monoisotopic (exact) mass is 323 g/mol. The fraction of sp³-hybridized carbons (Fsp3) is 0.0833. The van der Waals surface area contributed by atoms with E-state index < -0.39 is 10.0 Å². The van der Waals surface area contributed by atoms with Crippen LogP contribution in [0.15, 0.2) is 47.8 Å². The number of hydrogen-bond donors (Lipinski definition) is 1. The van der Waals surface area contributed by atoms with Crippen LogP contribution in [-0.4, -0.2) is 28.0 Å². The van der Waals surface area contributed by atoms with Gasteiger partial charge in [-0.3, -0.25) is 9.38 Å². The largest absolute Gasteiger partial charge is 0.285 e. The minimum Gasteiger partial charge on any atom is -0.285 e. The topological polar surface area (TPSA) is 89.2 Å². The van der Waals surface area contributed by atoms with Crippen LogP contribution < -0.4 is 4.72 Å². The van der Waals surface area contributed by atoms with E-state index in [0.29, 0.717) is 11.5 Å². The Morgan fingerprint density at radius 1 is 1.24 bits per heavy atom. The van der Waals surface area contributed by atoms with Gasteiger partial charge in [0.25, 0.3) is 0 Å². The molecule has 3 rings (SSSR count). The van der Waals surface area contributed by atoms with Crippen LogP contribution in [0.1, 0.15) is 5.82 Å². The predicted molar refractivity (Wildman–Crippen MR) is 76.3 cm³/mol. The van der Waals surface area contributed by atoms with Gasteiger partial charge in [0.1, 0.15) is 4.90 Å². The zero-order chi connectivity index (χ0) is 14.9. The number of sulfonamides is 1. The summed E-state index contributed by atoms with van der Waals surface area (Å²) >= 11 is 5.87. The Kier molecular flexibility index (Phi) is 3.58. The van der Waals surface area contributed by atoms with E-state index >= 15 is 0 Å². The second-order valence-corrected chi connectivity index (χ2v) is 6.32. The molecule has 0 aliphatic carbocycles. The van der Waals surface area contributed by atoms with Gasteiger partial charge in [-0.15, -0.1) is 10.2 Å². The summed E-state index contributed by atoms with van der Waals surface area (Å²) in [6, 6.07) is 6.84. The summed E-state index contributed by atoms with van der Waals surface area (Å²) in [6.07, 6.45) is 4.38. The van der Waals surface area contributed by atoms with E-state index in [1.165, 1.54) is 18.5 Å². The summed E-state index contributed by atoms with van der Waals surface area (Å²) in [7, 11) is -3.76. The van der Waals surface area contributed by atoms with Crippen molar-refractivity contribution in [3.8, 4) is 0 Å². The molecule has 0 fully saturated rings. The number of nitrogens with zero attached hydrogens (tertiary/aromatic N) is 4. The SMILES string of the molecule is O=S(=O)(NCc1nnc2ccccn12)c1cnccc1Cl. The molecule has 1 N–H and O–H groups in total. The van der Waals surface area contributed by atoms with Crippen molar-refractivity contribution in [2.24, 2.45) is 0 Å². The van der Waals surface area contributed by atoms with Gasteiger partial charge in [-0.2, -0.15) is 0 Å². The first kappa shape index (κ1) is 13.9. The zero-order valence-electron chi connectivity index (χ0n) is 10.6. The molecule has 0 aromatic carbocycles. The first-order valence-corrected chi connectivity index (χ1v) is 7.82. The van der Waals surface area contributed by atoms with E-state index in [1.807, 2.05) is 12.1 Å². The lowest BCUT2D eigenvalue weighted by molar-refractivity contribution is 0.578. The summed E-state index contributed by atoms with van der Waals surface area (Å²) < 4.78 is 28.5. The van der Waals surface area contributed by atoms with Gasteiger partial charge in [0.2, 0.25) is 10.0 Å². The number of nitrogens with one attached hydrogen (secondary N) is 1. The number of rotatable bonds is 4. The smallest absolute Gasteiger partial charge is 0.244 e. The molecule has 0 radical (unpaired) electrons. The van der Waals surface area contributed by atoms with Crippen molar-refractivity contribution in [2.75, 3.05) is 0 Å². The zero-order valence-corrected chi connectivity index (χ0v) is 12.2. The van der Waals surface area contributed by atoms with Crippen LogP contribution >= 0.6 is 11.6 Å². The van der Waals surface area contributed by atoms with Gasteiger partial charge in [-0.25, -0.2) is 13.1 Å². The van der Waals surface area contributed by atoms with Gasteiger partial charge in [-0.1, -0.05) is 17.7 Å². The Bertz CT molecular complexity index is 893. The molecule has 0 amide bonds. The maximum absolute atomic E-state index is 12.2. The number of hydrogen-bond acceptors (Lipinski definition) is 5. The molecule has 0 atom stereocenters. The normalized spacial score (nSPS) is 11.9. The van der Waals surface area contributed by atoms with Crippen molar-refractivity contribution >= 4 is 27.3 Å². The third kappa shape index (κ3) is 2.73. The molecular weight excluding hydrogens is 314 g/mol. The quantitative estimate of drug-likeness (QED) is 0.780. The molecule has 3 aromatic rings. The van der Waals surface area contributed by atoms with E-state index in [9.17, 15) is 8.42 Å². The number of halogens is 1. The van der Waals surface area contributed by atoms with Crippen LogP contribution in [0, 0.1) is 0 Å². The van der Waals surface area contributed by atoms with Crippen LogP contribution in [0.2, 0.25) is 5.02 Å². The summed E-state index contributed by atoms with van der Waals surface area (Å²) in [5.74, 6) is 0.481. The van der Waals surface area contributed by atoms with Gasteiger partial charge < -0.3 is 0 Å². The molecule has 0 unspecified atom stereocenters. The lowest BCUT2D eigenvalue weighted by Gasteiger charge is -2.06. The minimum atomic E-state index is -3.76. The predicted octanol–water partition coefficient (Wildman–Crippen LogP) is 1.26. The number of aromatic nitrogens is 4. The fourth-order valence-electron chi connectivity index (χ4n) is 1.81. The second kappa shape index (κ2) is 5.40. The van der Waals surface area contributed by atoms with Crippen LogP contribution in [0.3, 0.4) is 0 Å². The maximum Gasteiger partial charge on any atom is 0.244 e. The molecule has 0 saturated carbocycles. The molecule has 0 aliphatic rings. The average molecular weight is 324 g/mol. The van der Waals surface area contributed by atoms with E-state index in [2.05, 4.69) is 19.9 Å². The summed E-state index contributed by atoms with van der Waals surface area (Å²) in [4.78, 5) is 3.70. The summed E-state index contributed by atoms with van der Waals surface area (Å²) in [5.41, 5.74) is 0.645. The maximum atomic E-state index is 12.2. The molecule has 21 heavy (non-hydrogen) atoms. The third-order valence-electron chi connectivity index (χ3n) is 2.83. The van der Waals surface area contributed by atoms with E-state index in [0.717, 1.165) is 0 Å². The van der Waals surface area contributed by atoms with E-state index in [-0.39, 0.29) is 16.5 Å². The standard InChI is InChI=1S/C12H10ClN5O2S/c13-9-4-5-14-7-10(9)21(19,20)15-8-12-17-16-11-3-1-2-6-18(11)12/h1-7,15H,8H2. The third-order valence-corrected chi connectivity index (χ3v) is 4.70. The summed E-state index contributed by atoms with van der Waals surface area (Å²) in [6.45, 7) is -0.00125. The van der Waals surface area contributed by atoms with E-state index in [1.54, 1.807) is 16.7 Å². The van der Waals surface area contributed by atoms with Crippen molar-refractivity contribution in [1.82, 2.24) is 24.3 Å². The molecule has 0 saturated heterocycles. The summed E-state index contributed by atoms with van der Waals surface area (Å²) in [5, 5.41) is 8.02. The van der Waals surface area contributed by atoms with Crippen LogP contribution in [0.4, 0.5) is 0 Å². The Morgan fingerprint density at radius 3 is 2.90 bits per heavy atom. The molecule has 3 aromatic heterocycles. The number of fused-ring (bicyclic) bond motifs is 1. The molecule has 7 nitrogen and oxygen atoms in total. The van der Waals surface area contributed by atoms with Crippen molar-refractivity contribution in [1.29, 1.82) is 0 Å². The molecule has 0 spiro atoms. The molecule has 0 aliphatic heterocycles. The Morgan fingerprint density at radius 2 is 2.10 bits per heavy atom. The van der Waals surface area contributed by atoms with Crippen molar-refractivity contribution in [3.05, 3.63) is 53.7 Å². The average Bonchev–Trinajstić information content (AvgIpc) is 2.89. The molecule has 3 heterocycles. The highest BCUT2D eigenvalue weighted by Crippen LogP contribution is 2.19. The van der Waals surface area contributed by atoms with Gasteiger partial charge in [0, 0.05) is 18.6 Å². The second-order valence-electron chi connectivity index (χ2n) is 4.18. The van der Waals surface area contributed by atoms with Crippen LogP contribution in [0.5, 0.6) is 0 Å². The van der Waals surface area contributed by atoms with Crippen molar-refractivity contribution in [3.63, 3.8) is 0 Å². The Hall–Kier alpha value is -2.03. The number of pyridine rings is 2. The first-order chi connectivity index (χ1) is 10.1. The van der Waals surface area contributed by atoms with Gasteiger partial charge in [0.05, 0.1) is 11.6 Å². The van der Waals surface area contributed by atoms with Crippen LogP contribution in [0.25, 0.3) is 5.65 Å². The lowest BCUT2D eigenvalue weighted by Crippen LogP contribution is -2.24. The molecule has 108 valence electrons. The molecule has 0 bridgehead atoms. The minimum absolute atomic E-state index is 0.00125. The van der Waals surface area contributed by atoms with Crippen molar-refractivity contribution < 1.29 is 8.42 Å². The fourth-order valence-corrected chi connectivity index (χ4v) is 3.22. The lowest BCUT2D eigenvalue weighted by atomic mass is 10.5. The van der Waals surface area contributed by atoms with Gasteiger partial charge in [0.15, 0.2) is 11.5 Å². The molecular formula is C12H10ClN5O2S. The molecule has 9 heteroatoms.